The summed E-state index contributed by atoms with van der Waals surface area (Å²) in [4.78, 5) is 22.8. The van der Waals surface area contributed by atoms with Crippen LogP contribution in [0.4, 0.5) is 5.69 Å². The first kappa shape index (κ1) is 16.1. The molecule has 2 N–H and O–H groups in total. The summed E-state index contributed by atoms with van der Waals surface area (Å²) in [6.07, 6.45) is 2.94. The summed E-state index contributed by atoms with van der Waals surface area (Å²) in [5.41, 5.74) is 1.10. The summed E-state index contributed by atoms with van der Waals surface area (Å²) in [6, 6.07) is 11.1. The third-order valence-electron chi connectivity index (χ3n) is 2.77. The summed E-state index contributed by atoms with van der Waals surface area (Å²) >= 11 is 11.7. The van der Waals surface area contributed by atoms with Crippen LogP contribution in [0.5, 0.6) is 0 Å². The van der Waals surface area contributed by atoms with Crippen LogP contribution in [0.1, 0.15) is 15.9 Å². The van der Waals surface area contributed by atoms with Gasteiger partial charge in [0.05, 0.1) is 16.3 Å². The first-order valence-corrected chi connectivity index (χ1v) is 6.99. The topological polar surface area (TPSA) is 66.4 Å². The summed E-state index contributed by atoms with van der Waals surface area (Å²) < 4.78 is 0. The smallest absolute Gasteiger partial charge is 0.335 e. The van der Waals surface area contributed by atoms with E-state index in [-0.39, 0.29) is 16.3 Å². The van der Waals surface area contributed by atoms with Crippen molar-refractivity contribution in [3.63, 3.8) is 0 Å². The molecule has 0 fully saturated rings. The number of carbonyl (C=O) groups excluding carboxylic acids is 1. The number of anilines is 1. The molecule has 0 aliphatic rings. The van der Waals surface area contributed by atoms with Gasteiger partial charge in [0.2, 0.25) is 5.91 Å². The molecule has 0 aromatic heterocycles. The molecule has 22 heavy (non-hydrogen) atoms. The molecular formula is C16H11Cl2NO3. The van der Waals surface area contributed by atoms with Crippen LogP contribution in [0.25, 0.3) is 6.08 Å². The lowest BCUT2D eigenvalue weighted by Gasteiger charge is -2.06. The van der Waals surface area contributed by atoms with Gasteiger partial charge in [0, 0.05) is 11.1 Å². The van der Waals surface area contributed by atoms with Gasteiger partial charge in [-0.25, -0.2) is 4.79 Å². The molecule has 4 nitrogen and oxygen atoms in total. The first-order chi connectivity index (χ1) is 10.5. The number of benzene rings is 2. The molecule has 0 spiro atoms. The van der Waals surface area contributed by atoms with Crippen molar-refractivity contribution in [1.29, 1.82) is 0 Å². The van der Waals surface area contributed by atoms with Crippen molar-refractivity contribution in [3.05, 3.63) is 69.7 Å². The molecule has 0 heterocycles. The summed E-state index contributed by atoms with van der Waals surface area (Å²) in [5.74, 6) is -1.51. The Hall–Kier alpha value is -2.30. The molecule has 6 heteroatoms. The van der Waals surface area contributed by atoms with Crippen LogP contribution in [0, 0.1) is 0 Å². The van der Waals surface area contributed by atoms with E-state index in [1.165, 1.54) is 24.3 Å². The second kappa shape index (κ2) is 7.11. The Kier molecular flexibility index (Phi) is 5.20. The maximum absolute atomic E-state index is 11.9. The molecule has 0 aliphatic heterocycles. The predicted octanol–water partition coefficient (Wildman–Crippen LogP) is 4.34. The van der Waals surface area contributed by atoms with E-state index in [4.69, 9.17) is 28.3 Å². The molecule has 0 bridgehead atoms. The molecule has 0 unspecified atom stereocenters. The van der Waals surface area contributed by atoms with Crippen molar-refractivity contribution in [2.75, 3.05) is 5.32 Å². The van der Waals surface area contributed by atoms with Crippen LogP contribution in [-0.2, 0) is 4.79 Å². The molecule has 2 rings (SSSR count). The second-order valence-corrected chi connectivity index (χ2v) is 5.22. The Morgan fingerprint density at radius 3 is 2.36 bits per heavy atom. The highest BCUT2D eigenvalue weighted by molar-refractivity contribution is 6.34. The fourth-order valence-electron chi connectivity index (χ4n) is 1.67. The van der Waals surface area contributed by atoms with Crippen LogP contribution < -0.4 is 5.32 Å². The third-order valence-corrected chi connectivity index (χ3v) is 3.35. The zero-order valence-corrected chi connectivity index (χ0v) is 12.7. The maximum atomic E-state index is 11.9. The number of amides is 1. The number of carboxylic acid groups (broad SMARTS) is 1. The maximum Gasteiger partial charge on any atom is 0.335 e. The quantitative estimate of drug-likeness (QED) is 0.816. The molecule has 112 valence electrons. The van der Waals surface area contributed by atoms with E-state index in [0.717, 1.165) is 5.56 Å². The summed E-state index contributed by atoms with van der Waals surface area (Å²) in [7, 11) is 0. The lowest BCUT2D eigenvalue weighted by molar-refractivity contribution is -0.111. The Balaban J connectivity index is 2.10. The van der Waals surface area contributed by atoms with Gasteiger partial charge in [-0.2, -0.15) is 0 Å². The zero-order valence-electron chi connectivity index (χ0n) is 11.2. The standard InChI is InChI=1S/C16H11Cl2NO3/c17-12-5-1-10(2-6-12)3-8-15(20)19-14-9-11(16(21)22)4-7-13(14)18/h1-9H,(H,19,20)(H,21,22)/b8-3+. The van der Waals surface area contributed by atoms with Gasteiger partial charge in [0.1, 0.15) is 0 Å². The van der Waals surface area contributed by atoms with Gasteiger partial charge in [-0.05, 0) is 42.0 Å². The van der Waals surface area contributed by atoms with E-state index >= 15 is 0 Å². The average Bonchev–Trinajstić information content (AvgIpc) is 2.48. The lowest BCUT2D eigenvalue weighted by Crippen LogP contribution is -2.09. The van der Waals surface area contributed by atoms with E-state index in [9.17, 15) is 9.59 Å². The molecule has 0 saturated carbocycles. The zero-order chi connectivity index (χ0) is 16.1. The predicted molar refractivity (Wildman–Crippen MR) is 87.5 cm³/mol. The number of halogens is 2. The second-order valence-electron chi connectivity index (χ2n) is 4.37. The highest BCUT2D eigenvalue weighted by Gasteiger charge is 2.08. The van der Waals surface area contributed by atoms with Crippen LogP contribution >= 0.6 is 23.2 Å². The molecule has 2 aromatic rings. The van der Waals surface area contributed by atoms with Crippen molar-refractivity contribution >= 4 is 46.8 Å². The number of rotatable bonds is 4. The van der Waals surface area contributed by atoms with E-state index in [2.05, 4.69) is 5.32 Å². The molecule has 0 aliphatic carbocycles. The van der Waals surface area contributed by atoms with E-state index in [1.54, 1.807) is 30.3 Å². The average molecular weight is 336 g/mol. The van der Waals surface area contributed by atoms with Gasteiger partial charge in [-0.15, -0.1) is 0 Å². The number of aromatic carboxylic acids is 1. The number of carboxylic acids is 1. The van der Waals surface area contributed by atoms with Gasteiger partial charge >= 0.3 is 5.97 Å². The van der Waals surface area contributed by atoms with Gasteiger partial charge in [-0.1, -0.05) is 35.3 Å². The van der Waals surface area contributed by atoms with Gasteiger partial charge in [-0.3, -0.25) is 4.79 Å². The monoisotopic (exact) mass is 335 g/mol. The number of hydrogen-bond donors (Lipinski definition) is 2. The number of carbonyl (C=O) groups is 2. The molecule has 0 saturated heterocycles. The van der Waals surface area contributed by atoms with Crippen LogP contribution in [0.15, 0.2) is 48.5 Å². The van der Waals surface area contributed by atoms with Gasteiger partial charge in [0.15, 0.2) is 0 Å². The minimum absolute atomic E-state index is 0.0429. The lowest BCUT2D eigenvalue weighted by atomic mass is 10.2. The van der Waals surface area contributed by atoms with Crippen LogP contribution in [0.2, 0.25) is 10.0 Å². The van der Waals surface area contributed by atoms with E-state index in [0.29, 0.717) is 5.02 Å². The van der Waals surface area contributed by atoms with Crippen LogP contribution in [-0.4, -0.2) is 17.0 Å². The highest BCUT2D eigenvalue weighted by Crippen LogP contribution is 2.23. The van der Waals surface area contributed by atoms with E-state index < -0.39 is 11.9 Å². The number of hydrogen-bond acceptors (Lipinski definition) is 2. The van der Waals surface area contributed by atoms with Crippen molar-refractivity contribution in [3.8, 4) is 0 Å². The highest BCUT2D eigenvalue weighted by atomic mass is 35.5. The fraction of sp³-hybridized carbons (Fsp3) is 0. The summed E-state index contributed by atoms with van der Waals surface area (Å²) in [5, 5.41) is 12.3. The van der Waals surface area contributed by atoms with Gasteiger partial charge < -0.3 is 10.4 Å². The van der Waals surface area contributed by atoms with Gasteiger partial charge in [0.25, 0.3) is 0 Å². The normalized spacial score (nSPS) is 10.6. The van der Waals surface area contributed by atoms with E-state index in [1.807, 2.05) is 0 Å². The molecular weight excluding hydrogens is 325 g/mol. The minimum Gasteiger partial charge on any atom is -0.478 e. The molecule has 2 aromatic carbocycles. The minimum atomic E-state index is -1.09. The Bertz CT molecular complexity index is 740. The number of nitrogens with one attached hydrogen (secondary N) is 1. The first-order valence-electron chi connectivity index (χ1n) is 6.23. The Morgan fingerprint density at radius 2 is 1.73 bits per heavy atom. The Labute approximate surface area is 137 Å². The molecule has 1 amide bonds. The van der Waals surface area contributed by atoms with Crippen molar-refractivity contribution in [2.45, 2.75) is 0 Å². The van der Waals surface area contributed by atoms with Crippen LogP contribution in [0.3, 0.4) is 0 Å². The van der Waals surface area contributed by atoms with Crippen molar-refractivity contribution in [1.82, 2.24) is 0 Å². The van der Waals surface area contributed by atoms with Crippen molar-refractivity contribution < 1.29 is 14.7 Å². The Morgan fingerprint density at radius 1 is 1.05 bits per heavy atom. The SMILES string of the molecule is O=C(/C=C/c1ccc(Cl)cc1)Nc1cc(C(=O)O)ccc1Cl. The third kappa shape index (κ3) is 4.35. The molecule has 0 atom stereocenters. The summed E-state index contributed by atoms with van der Waals surface area (Å²) in [6.45, 7) is 0. The van der Waals surface area contributed by atoms with Crippen molar-refractivity contribution in [2.24, 2.45) is 0 Å². The molecule has 0 radical (unpaired) electrons. The largest absolute Gasteiger partial charge is 0.478 e. The fourth-order valence-corrected chi connectivity index (χ4v) is 1.97.